The summed E-state index contributed by atoms with van der Waals surface area (Å²) in [7, 11) is -3.62. The molecule has 0 fully saturated rings. The molecule has 0 aromatic heterocycles. The molecule has 0 amide bonds. The Labute approximate surface area is 120 Å². The quantitative estimate of drug-likeness (QED) is 0.843. The summed E-state index contributed by atoms with van der Waals surface area (Å²) in [6, 6.07) is 11.7. The van der Waals surface area contributed by atoms with Crippen LogP contribution in [0.1, 0.15) is 5.56 Å². The maximum atomic E-state index is 12.3. The molecule has 0 radical (unpaired) electrons. The Hall–Kier alpha value is -1.53. The lowest BCUT2D eigenvalue weighted by Gasteiger charge is -2.12. The van der Waals surface area contributed by atoms with Crippen LogP contribution in [-0.2, 0) is 10.0 Å². The van der Waals surface area contributed by atoms with E-state index in [-0.39, 0.29) is 4.90 Å². The summed E-state index contributed by atoms with van der Waals surface area (Å²) in [5, 5.41) is 0. The molecular formula is C13H13BrN2O2S. The third kappa shape index (κ3) is 3.08. The summed E-state index contributed by atoms with van der Waals surface area (Å²) in [6.45, 7) is 1.80. The van der Waals surface area contributed by atoms with E-state index in [9.17, 15) is 8.42 Å². The van der Waals surface area contributed by atoms with Crippen molar-refractivity contribution in [1.29, 1.82) is 0 Å². The van der Waals surface area contributed by atoms with E-state index in [2.05, 4.69) is 20.7 Å². The lowest BCUT2D eigenvalue weighted by molar-refractivity contribution is 0.600. The lowest BCUT2D eigenvalue weighted by Crippen LogP contribution is -2.14. The molecule has 0 unspecified atom stereocenters. The van der Waals surface area contributed by atoms with Gasteiger partial charge in [-0.1, -0.05) is 12.1 Å². The van der Waals surface area contributed by atoms with Crippen LogP contribution in [0.15, 0.2) is 51.8 Å². The van der Waals surface area contributed by atoms with Crippen LogP contribution in [0, 0.1) is 6.92 Å². The van der Waals surface area contributed by atoms with Crippen LogP contribution in [0.3, 0.4) is 0 Å². The molecule has 0 spiro atoms. The normalized spacial score (nSPS) is 11.3. The highest BCUT2D eigenvalue weighted by atomic mass is 79.9. The van der Waals surface area contributed by atoms with Crippen LogP contribution in [0.2, 0.25) is 0 Å². The molecule has 3 N–H and O–H groups in total. The van der Waals surface area contributed by atoms with Crippen LogP contribution >= 0.6 is 15.9 Å². The zero-order chi connectivity index (χ0) is 14.0. The Morgan fingerprint density at radius 1 is 1.16 bits per heavy atom. The summed E-state index contributed by atoms with van der Waals surface area (Å²) in [5.74, 6) is 0. The molecule has 100 valence electrons. The van der Waals surface area contributed by atoms with Crippen molar-refractivity contribution >= 4 is 37.3 Å². The third-order valence-electron chi connectivity index (χ3n) is 2.62. The van der Waals surface area contributed by atoms with Gasteiger partial charge in [-0.05, 0) is 58.7 Å². The van der Waals surface area contributed by atoms with Crippen LogP contribution in [-0.4, -0.2) is 8.42 Å². The van der Waals surface area contributed by atoms with Gasteiger partial charge in [0.15, 0.2) is 0 Å². The summed E-state index contributed by atoms with van der Waals surface area (Å²) in [6.07, 6.45) is 0. The van der Waals surface area contributed by atoms with Crippen molar-refractivity contribution in [3.8, 4) is 0 Å². The van der Waals surface area contributed by atoms with E-state index in [4.69, 9.17) is 5.73 Å². The molecule has 6 heteroatoms. The number of halogens is 1. The summed E-state index contributed by atoms with van der Waals surface area (Å²) in [4.78, 5) is 0.200. The van der Waals surface area contributed by atoms with Gasteiger partial charge < -0.3 is 5.73 Å². The molecule has 2 rings (SSSR count). The summed E-state index contributed by atoms with van der Waals surface area (Å²) in [5.41, 5.74) is 7.53. The second kappa shape index (κ2) is 5.22. The van der Waals surface area contributed by atoms with E-state index < -0.39 is 10.0 Å². The largest absolute Gasteiger partial charge is 0.399 e. The molecule has 0 heterocycles. The average Bonchev–Trinajstić information content (AvgIpc) is 2.33. The van der Waals surface area contributed by atoms with Gasteiger partial charge in [-0.25, -0.2) is 8.42 Å². The first kappa shape index (κ1) is 13.9. The van der Waals surface area contributed by atoms with Crippen molar-refractivity contribution in [3.05, 3.63) is 52.5 Å². The van der Waals surface area contributed by atoms with Gasteiger partial charge in [-0.15, -0.1) is 0 Å². The molecule has 0 aliphatic carbocycles. The minimum atomic E-state index is -3.62. The molecule has 0 bridgehead atoms. The molecular weight excluding hydrogens is 328 g/mol. The van der Waals surface area contributed by atoms with Crippen molar-refractivity contribution in [2.75, 3.05) is 10.5 Å². The Bertz CT molecular complexity index is 714. The maximum absolute atomic E-state index is 12.3. The van der Waals surface area contributed by atoms with E-state index in [1.165, 1.54) is 0 Å². The second-order valence-electron chi connectivity index (χ2n) is 4.11. The number of hydrogen-bond donors (Lipinski definition) is 2. The van der Waals surface area contributed by atoms with Crippen LogP contribution in [0.5, 0.6) is 0 Å². The second-order valence-corrected chi connectivity index (χ2v) is 6.62. The van der Waals surface area contributed by atoms with E-state index in [1.54, 1.807) is 49.4 Å². The third-order valence-corrected chi connectivity index (χ3v) is 5.00. The fourth-order valence-corrected chi connectivity index (χ4v) is 3.80. The zero-order valence-electron chi connectivity index (χ0n) is 10.2. The van der Waals surface area contributed by atoms with Crippen molar-refractivity contribution in [2.45, 2.75) is 11.8 Å². The molecule has 0 saturated carbocycles. The van der Waals surface area contributed by atoms with Gasteiger partial charge in [-0.3, -0.25) is 4.72 Å². The number of rotatable bonds is 3. The highest BCUT2D eigenvalue weighted by molar-refractivity contribution is 9.10. The molecule has 0 saturated heterocycles. The molecule has 0 atom stereocenters. The Morgan fingerprint density at radius 2 is 1.84 bits per heavy atom. The van der Waals surface area contributed by atoms with E-state index in [0.717, 1.165) is 5.56 Å². The zero-order valence-corrected chi connectivity index (χ0v) is 12.6. The van der Waals surface area contributed by atoms with Gasteiger partial charge in [-0.2, -0.15) is 0 Å². The standard InChI is InChI=1S/C13H13BrN2O2S/c1-9-8-10(15)6-7-12(9)16-19(17,18)13-5-3-2-4-11(13)14/h2-8,16H,15H2,1H3. The van der Waals surface area contributed by atoms with Crippen LogP contribution in [0.4, 0.5) is 11.4 Å². The van der Waals surface area contributed by atoms with Gasteiger partial charge in [0.1, 0.15) is 4.90 Å². The molecule has 0 aliphatic heterocycles. The van der Waals surface area contributed by atoms with Crippen molar-refractivity contribution in [2.24, 2.45) is 0 Å². The minimum absolute atomic E-state index is 0.200. The molecule has 19 heavy (non-hydrogen) atoms. The van der Waals surface area contributed by atoms with Gasteiger partial charge in [0.25, 0.3) is 10.0 Å². The molecule has 0 aliphatic rings. The van der Waals surface area contributed by atoms with E-state index >= 15 is 0 Å². The van der Waals surface area contributed by atoms with Gasteiger partial charge in [0, 0.05) is 10.2 Å². The van der Waals surface area contributed by atoms with E-state index in [1.807, 2.05) is 0 Å². The Morgan fingerprint density at radius 3 is 2.47 bits per heavy atom. The number of aryl methyl sites for hydroxylation is 1. The lowest BCUT2D eigenvalue weighted by atomic mass is 10.2. The van der Waals surface area contributed by atoms with E-state index in [0.29, 0.717) is 15.8 Å². The van der Waals surface area contributed by atoms with Gasteiger partial charge in [0.05, 0.1) is 5.69 Å². The highest BCUT2D eigenvalue weighted by Gasteiger charge is 2.17. The molecule has 2 aromatic carbocycles. The molecule has 2 aromatic rings. The Kier molecular flexibility index (Phi) is 3.82. The number of anilines is 2. The number of nitrogen functional groups attached to an aromatic ring is 1. The SMILES string of the molecule is Cc1cc(N)ccc1NS(=O)(=O)c1ccccc1Br. The Balaban J connectivity index is 2.40. The number of sulfonamides is 1. The minimum Gasteiger partial charge on any atom is -0.399 e. The van der Waals surface area contributed by atoms with Crippen molar-refractivity contribution in [3.63, 3.8) is 0 Å². The first-order valence-electron chi connectivity index (χ1n) is 5.53. The van der Waals surface area contributed by atoms with Crippen molar-refractivity contribution in [1.82, 2.24) is 0 Å². The highest BCUT2D eigenvalue weighted by Crippen LogP contribution is 2.25. The summed E-state index contributed by atoms with van der Waals surface area (Å²) >= 11 is 3.24. The topological polar surface area (TPSA) is 72.2 Å². The predicted molar refractivity (Wildman–Crippen MR) is 80.5 cm³/mol. The summed E-state index contributed by atoms with van der Waals surface area (Å²) < 4.78 is 27.7. The van der Waals surface area contributed by atoms with Crippen LogP contribution < -0.4 is 10.5 Å². The van der Waals surface area contributed by atoms with Gasteiger partial charge in [0.2, 0.25) is 0 Å². The maximum Gasteiger partial charge on any atom is 0.263 e. The number of nitrogens with two attached hydrogens (primary N) is 1. The fraction of sp³-hybridized carbons (Fsp3) is 0.0769. The predicted octanol–water partition coefficient (Wildman–Crippen LogP) is 3.14. The fourth-order valence-electron chi connectivity index (χ4n) is 1.66. The number of benzene rings is 2. The van der Waals surface area contributed by atoms with Crippen molar-refractivity contribution < 1.29 is 8.42 Å². The monoisotopic (exact) mass is 340 g/mol. The number of hydrogen-bond acceptors (Lipinski definition) is 3. The van der Waals surface area contributed by atoms with Gasteiger partial charge >= 0.3 is 0 Å². The number of nitrogens with one attached hydrogen (secondary N) is 1. The first-order chi connectivity index (χ1) is 8.90. The van der Waals surface area contributed by atoms with Crippen LogP contribution in [0.25, 0.3) is 0 Å². The average molecular weight is 341 g/mol. The smallest absolute Gasteiger partial charge is 0.263 e. The first-order valence-corrected chi connectivity index (χ1v) is 7.81. The molecule has 4 nitrogen and oxygen atoms in total.